The van der Waals surface area contributed by atoms with Crippen LogP contribution in [0.2, 0.25) is 5.02 Å². The average Bonchev–Trinajstić information content (AvgIpc) is 2.53. The van der Waals surface area contributed by atoms with E-state index in [2.05, 4.69) is 28.9 Å². The first-order chi connectivity index (χ1) is 10.2. The zero-order valence-corrected chi connectivity index (χ0v) is 14.0. The van der Waals surface area contributed by atoms with Crippen LogP contribution in [0.5, 0.6) is 0 Å². The quantitative estimate of drug-likeness (QED) is 0.714. The first kappa shape index (κ1) is 16.3. The minimum Gasteiger partial charge on any atom is -0.303 e. The Morgan fingerprint density at radius 2 is 1.71 bits per heavy atom. The van der Waals surface area contributed by atoms with Gasteiger partial charge in [0, 0.05) is 22.9 Å². The van der Waals surface area contributed by atoms with E-state index in [4.69, 9.17) is 11.6 Å². The fraction of sp³-hybridized carbons (Fsp3) is 0.375. The highest BCUT2D eigenvalue weighted by atomic mass is 35.5. The lowest BCUT2D eigenvalue weighted by atomic mass is 10.1. The normalized spacial score (nSPS) is 11.0. The van der Waals surface area contributed by atoms with Gasteiger partial charge in [0.05, 0.1) is 5.69 Å². The van der Waals surface area contributed by atoms with E-state index in [1.54, 1.807) is 11.8 Å². The van der Waals surface area contributed by atoms with E-state index in [-0.39, 0.29) is 0 Å². The first-order valence-electron chi connectivity index (χ1n) is 7.17. The van der Waals surface area contributed by atoms with Crippen LogP contribution in [0.15, 0.2) is 41.4 Å². The molecule has 0 saturated carbocycles. The van der Waals surface area contributed by atoms with E-state index >= 15 is 0 Å². The largest absolute Gasteiger partial charge is 0.303 e. The Bertz CT molecular complexity index is 538. The van der Waals surface area contributed by atoms with E-state index in [0.29, 0.717) is 0 Å². The van der Waals surface area contributed by atoms with Crippen LogP contribution in [0.4, 0.5) is 0 Å². The van der Waals surface area contributed by atoms with Crippen LogP contribution in [0.25, 0.3) is 11.3 Å². The molecule has 21 heavy (non-hydrogen) atoms. The van der Waals surface area contributed by atoms with Gasteiger partial charge in [-0.15, -0.1) is 22.0 Å². The number of hydrogen-bond acceptors (Lipinski definition) is 4. The topological polar surface area (TPSA) is 29.0 Å². The van der Waals surface area contributed by atoms with Crippen molar-refractivity contribution in [1.29, 1.82) is 0 Å². The molecule has 0 aliphatic rings. The van der Waals surface area contributed by atoms with Crippen molar-refractivity contribution in [1.82, 2.24) is 15.1 Å². The zero-order chi connectivity index (χ0) is 15.1. The van der Waals surface area contributed by atoms with Crippen molar-refractivity contribution in [2.24, 2.45) is 0 Å². The van der Waals surface area contributed by atoms with Gasteiger partial charge >= 0.3 is 0 Å². The van der Waals surface area contributed by atoms with Gasteiger partial charge < -0.3 is 4.90 Å². The molecule has 0 fully saturated rings. The number of hydrogen-bond donors (Lipinski definition) is 0. The van der Waals surface area contributed by atoms with Crippen LogP contribution in [-0.4, -0.2) is 40.5 Å². The molecule has 0 radical (unpaired) electrons. The summed E-state index contributed by atoms with van der Waals surface area (Å²) in [5, 5.41) is 10.3. The molecule has 0 bridgehead atoms. The van der Waals surface area contributed by atoms with Crippen molar-refractivity contribution >= 4 is 23.4 Å². The summed E-state index contributed by atoms with van der Waals surface area (Å²) in [5.74, 6) is 1.04. The summed E-state index contributed by atoms with van der Waals surface area (Å²) < 4.78 is 0. The van der Waals surface area contributed by atoms with Crippen molar-refractivity contribution in [2.75, 3.05) is 25.4 Å². The number of benzene rings is 1. The van der Waals surface area contributed by atoms with Crippen molar-refractivity contribution in [2.45, 2.75) is 18.9 Å². The Morgan fingerprint density at radius 1 is 1.00 bits per heavy atom. The molecule has 112 valence electrons. The molecule has 0 aliphatic carbocycles. The third-order valence-corrected chi connectivity index (χ3v) is 4.48. The maximum atomic E-state index is 5.89. The summed E-state index contributed by atoms with van der Waals surface area (Å²) >= 11 is 7.64. The van der Waals surface area contributed by atoms with E-state index in [9.17, 15) is 0 Å². The van der Waals surface area contributed by atoms with E-state index in [1.165, 1.54) is 0 Å². The Balaban J connectivity index is 1.91. The predicted octanol–water partition coefficient (Wildman–Crippen LogP) is 4.23. The number of halogens is 1. The lowest BCUT2D eigenvalue weighted by molar-refractivity contribution is 0.324. The Morgan fingerprint density at radius 3 is 2.29 bits per heavy atom. The third kappa shape index (κ3) is 4.99. The van der Waals surface area contributed by atoms with E-state index in [0.717, 1.165) is 46.7 Å². The monoisotopic (exact) mass is 321 g/mol. The minimum absolute atomic E-state index is 0.732. The molecule has 1 aromatic carbocycles. The Hall–Kier alpha value is -1.10. The van der Waals surface area contributed by atoms with Gasteiger partial charge in [-0.1, -0.05) is 37.6 Å². The van der Waals surface area contributed by atoms with E-state index < -0.39 is 0 Å². The fourth-order valence-corrected chi connectivity index (χ4v) is 2.94. The third-order valence-electron chi connectivity index (χ3n) is 3.33. The Kier molecular flexibility index (Phi) is 6.49. The molecule has 0 amide bonds. The summed E-state index contributed by atoms with van der Waals surface area (Å²) in [4.78, 5) is 2.41. The molecule has 0 spiro atoms. The van der Waals surface area contributed by atoms with Gasteiger partial charge in [-0.3, -0.25) is 0 Å². The standard InChI is InChI=1S/C16H20ClN3S/c1-3-20(4-2)11-12-21-16-10-9-15(18-19-16)13-5-7-14(17)8-6-13/h5-10H,3-4,11-12H2,1-2H3. The van der Waals surface area contributed by atoms with Gasteiger partial charge in [0.1, 0.15) is 5.03 Å². The Labute approximate surface area is 135 Å². The molecule has 1 heterocycles. The maximum absolute atomic E-state index is 5.89. The van der Waals surface area contributed by atoms with Crippen molar-refractivity contribution in [3.8, 4) is 11.3 Å². The smallest absolute Gasteiger partial charge is 0.119 e. The van der Waals surface area contributed by atoms with Crippen molar-refractivity contribution in [3.05, 3.63) is 41.4 Å². The molecule has 0 N–H and O–H groups in total. The number of aromatic nitrogens is 2. The molecule has 2 rings (SSSR count). The molecule has 0 atom stereocenters. The maximum Gasteiger partial charge on any atom is 0.119 e. The summed E-state index contributed by atoms with van der Waals surface area (Å²) in [6.07, 6.45) is 0. The second-order valence-electron chi connectivity index (χ2n) is 4.64. The molecule has 2 aromatic rings. The second kappa shape index (κ2) is 8.37. The van der Waals surface area contributed by atoms with Gasteiger partial charge in [-0.2, -0.15) is 0 Å². The average molecular weight is 322 g/mol. The highest BCUT2D eigenvalue weighted by Gasteiger charge is 2.03. The van der Waals surface area contributed by atoms with Gasteiger partial charge in [-0.25, -0.2) is 0 Å². The van der Waals surface area contributed by atoms with Crippen molar-refractivity contribution < 1.29 is 0 Å². The summed E-state index contributed by atoms with van der Waals surface area (Å²) in [5.41, 5.74) is 1.91. The summed E-state index contributed by atoms with van der Waals surface area (Å²) in [7, 11) is 0. The van der Waals surface area contributed by atoms with Crippen LogP contribution in [0, 0.1) is 0 Å². The molecule has 0 unspecified atom stereocenters. The molecular formula is C16H20ClN3S. The lowest BCUT2D eigenvalue weighted by Gasteiger charge is -2.16. The summed E-state index contributed by atoms with van der Waals surface area (Å²) in [6, 6.07) is 11.7. The summed E-state index contributed by atoms with van der Waals surface area (Å²) in [6.45, 7) is 7.65. The SMILES string of the molecule is CCN(CC)CCSc1ccc(-c2ccc(Cl)cc2)nn1. The predicted molar refractivity (Wildman–Crippen MR) is 91.0 cm³/mol. The van der Waals surface area contributed by atoms with E-state index in [1.807, 2.05) is 36.4 Å². The van der Waals surface area contributed by atoms with Crippen LogP contribution in [0.1, 0.15) is 13.8 Å². The highest BCUT2D eigenvalue weighted by Crippen LogP contribution is 2.21. The number of thioether (sulfide) groups is 1. The number of rotatable bonds is 7. The molecule has 3 nitrogen and oxygen atoms in total. The van der Waals surface area contributed by atoms with Crippen LogP contribution < -0.4 is 0 Å². The first-order valence-corrected chi connectivity index (χ1v) is 8.54. The van der Waals surface area contributed by atoms with Gasteiger partial charge in [0.2, 0.25) is 0 Å². The molecule has 0 aliphatic heterocycles. The molecule has 0 saturated heterocycles. The lowest BCUT2D eigenvalue weighted by Crippen LogP contribution is -2.25. The van der Waals surface area contributed by atoms with Gasteiger partial charge in [-0.05, 0) is 37.4 Å². The fourth-order valence-electron chi connectivity index (χ4n) is 1.99. The van der Waals surface area contributed by atoms with Crippen LogP contribution >= 0.6 is 23.4 Å². The van der Waals surface area contributed by atoms with Crippen LogP contribution in [0.3, 0.4) is 0 Å². The molecule has 5 heteroatoms. The molecule has 1 aromatic heterocycles. The van der Waals surface area contributed by atoms with Crippen molar-refractivity contribution in [3.63, 3.8) is 0 Å². The number of nitrogens with zero attached hydrogens (tertiary/aromatic N) is 3. The van der Waals surface area contributed by atoms with Crippen LogP contribution in [-0.2, 0) is 0 Å². The second-order valence-corrected chi connectivity index (χ2v) is 6.19. The van der Waals surface area contributed by atoms with Gasteiger partial charge in [0.25, 0.3) is 0 Å². The minimum atomic E-state index is 0.732. The highest BCUT2D eigenvalue weighted by molar-refractivity contribution is 7.99. The van der Waals surface area contributed by atoms with Gasteiger partial charge in [0.15, 0.2) is 0 Å². The zero-order valence-electron chi connectivity index (χ0n) is 12.4. The molecular weight excluding hydrogens is 302 g/mol.